The van der Waals surface area contributed by atoms with E-state index in [-0.39, 0.29) is 0 Å². The van der Waals surface area contributed by atoms with Crippen molar-refractivity contribution in [2.45, 2.75) is 38.1 Å². The van der Waals surface area contributed by atoms with Crippen molar-refractivity contribution in [2.75, 3.05) is 32.8 Å². The second kappa shape index (κ2) is 6.97. The Morgan fingerprint density at radius 3 is 2.76 bits per heavy atom. The summed E-state index contributed by atoms with van der Waals surface area (Å²) in [6, 6.07) is 0.411. The maximum absolute atomic E-state index is 11.0. The van der Waals surface area contributed by atoms with Crippen LogP contribution in [0.1, 0.15) is 32.1 Å². The van der Waals surface area contributed by atoms with Crippen LogP contribution in [0.25, 0.3) is 0 Å². The molecule has 2 fully saturated rings. The molecule has 2 rings (SSSR count). The summed E-state index contributed by atoms with van der Waals surface area (Å²) < 4.78 is 5.36. The van der Waals surface area contributed by atoms with E-state index in [1.807, 2.05) is 4.90 Å². The topological polar surface area (TPSA) is 41.6 Å². The Kier molecular flexibility index (Phi) is 5.26. The second-order valence-corrected chi connectivity index (χ2v) is 5.14. The van der Waals surface area contributed by atoms with Gasteiger partial charge in [-0.1, -0.05) is 0 Å². The number of hydrogen-bond donors (Lipinski definition) is 1. The molecule has 2 aliphatic heterocycles. The van der Waals surface area contributed by atoms with Crippen molar-refractivity contribution in [3.63, 3.8) is 0 Å². The van der Waals surface area contributed by atoms with Crippen LogP contribution < -0.4 is 5.32 Å². The van der Waals surface area contributed by atoms with E-state index in [2.05, 4.69) is 11.7 Å². The summed E-state index contributed by atoms with van der Waals surface area (Å²) in [5, 5.41) is 3.32. The molecule has 0 aromatic carbocycles. The van der Waals surface area contributed by atoms with Crippen LogP contribution in [0.3, 0.4) is 0 Å². The Labute approximate surface area is 104 Å². The van der Waals surface area contributed by atoms with Crippen molar-refractivity contribution in [1.82, 2.24) is 10.2 Å². The van der Waals surface area contributed by atoms with Gasteiger partial charge in [0.2, 0.25) is 0 Å². The molecule has 0 saturated carbocycles. The molecular formula is C13H23N2O2. The van der Waals surface area contributed by atoms with E-state index in [1.165, 1.54) is 12.8 Å². The molecule has 97 valence electrons. The Morgan fingerprint density at radius 2 is 2.12 bits per heavy atom. The lowest BCUT2D eigenvalue weighted by Gasteiger charge is -2.31. The fourth-order valence-electron chi connectivity index (χ4n) is 2.78. The van der Waals surface area contributed by atoms with Gasteiger partial charge in [-0.25, -0.2) is 0 Å². The van der Waals surface area contributed by atoms with Gasteiger partial charge in [0.25, 0.3) is 0 Å². The lowest BCUT2D eigenvalue weighted by Crippen LogP contribution is -2.42. The van der Waals surface area contributed by atoms with Gasteiger partial charge >= 0.3 is 6.41 Å². The van der Waals surface area contributed by atoms with Crippen molar-refractivity contribution in [3.05, 3.63) is 0 Å². The summed E-state index contributed by atoms with van der Waals surface area (Å²) >= 11 is 0. The largest absolute Gasteiger partial charge is 0.381 e. The molecule has 1 atom stereocenters. The van der Waals surface area contributed by atoms with Crippen LogP contribution in [0, 0.1) is 5.92 Å². The predicted octanol–water partition coefficient (Wildman–Crippen LogP) is 0.924. The van der Waals surface area contributed by atoms with E-state index in [9.17, 15) is 4.79 Å². The summed E-state index contributed by atoms with van der Waals surface area (Å²) in [5.74, 6) is 0.719. The Bertz CT molecular complexity index is 223. The molecule has 1 N–H and O–H groups in total. The van der Waals surface area contributed by atoms with Gasteiger partial charge in [0.05, 0.1) is 0 Å². The monoisotopic (exact) mass is 239 g/mol. The molecule has 1 unspecified atom stereocenters. The highest BCUT2D eigenvalue weighted by molar-refractivity contribution is 5.48. The molecule has 1 radical (unpaired) electrons. The first-order chi connectivity index (χ1) is 8.40. The van der Waals surface area contributed by atoms with Crippen LogP contribution in [-0.4, -0.2) is 50.2 Å². The van der Waals surface area contributed by atoms with Gasteiger partial charge in [-0.05, 0) is 51.1 Å². The quantitative estimate of drug-likeness (QED) is 0.701. The minimum atomic E-state index is 0.411. The van der Waals surface area contributed by atoms with E-state index in [1.54, 1.807) is 0 Å². The molecule has 0 bridgehead atoms. The first-order valence-corrected chi connectivity index (χ1v) is 6.83. The number of amides is 1. The van der Waals surface area contributed by atoms with Gasteiger partial charge in [0.15, 0.2) is 0 Å². The average Bonchev–Trinajstić information content (AvgIpc) is 2.89. The maximum atomic E-state index is 11.0. The third-order valence-corrected chi connectivity index (χ3v) is 3.90. The number of hydrogen-bond acceptors (Lipinski definition) is 3. The predicted molar refractivity (Wildman–Crippen MR) is 66.5 cm³/mol. The van der Waals surface area contributed by atoms with E-state index >= 15 is 0 Å². The zero-order chi connectivity index (χ0) is 11.9. The van der Waals surface area contributed by atoms with E-state index in [0.29, 0.717) is 6.04 Å². The van der Waals surface area contributed by atoms with Gasteiger partial charge in [0.1, 0.15) is 0 Å². The normalized spacial score (nSPS) is 26.0. The Hall–Kier alpha value is -0.610. The lowest BCUT2D eigenvalue weighted by molar-refractivity contribution is 0.181. The highest BCUT2D eigenvalue weighted by Crippen LogP contribution is 2.19. The average molecular weight is 239 g/mol. The van der Waals surface area contributed by atoms with Gasteiger partial charge in [-0.2, -0.15) is 0 Å². The Morgan fingerprint density at radius 1 is 1.29 bits per heavy atom. The third kappa shape index (κ3) is 3.96. The molecular weight excluding hydrogens is 216 g/mol. The zero-order valence-corrected chi connectivity index (χ0v) is 10.5. The van der Waals surface area contributed by atoms with Crippen molar-refractivity contribution < 1.29 is 9.53 Å². The van der Waals surface area contributed by atoms with Crippen LogP contribution >= 0.6 is 0 Å². The highest BCUT2D eigenvalue weighted by atomic mass is 16.5. The molecule has 2 aliphatic rings. The summed E-state index contributed by atoms with van der Waals surface area (Å²) in [6.45, 7) is 4.75. The standard InChI is InChI=1S/C13H23N2O2/c16-11-15(13-3-6-14-7-4-13)8-1-2-12-5-9-17-10-12/h12-14H,1-10H2. The van der Waals surface area contributed by atoms with Crippen molar-refractivity contribution in [2.24, 2.45) is 5.92 Å². The van der Waals surface area contributed by atoms with Gasteiger partial charge in [-0.3, -0.25) is 4.79 Å². The van der Waals surface area contributed by atoms with E-state index in [0.717, 1.165) is 58.0 Å². The Balaban J connectivity index is 1.65. The number of rotatable bonds is 6. The van der Waals surface area contributed by atoms with Crippen LogP contribution in [-0.2, 0) is 9.53 Å². The SMILES string of the molecule is O=[C]N(CCCC1CCOC1)C1CCNCC1. The number of ether oxygens (including phenoxy) is 1. The molecule has 0 spiro atoms. The highest BCUT2D eigenvalue weighted by Gasteiger charge is 2.21. The summed E-state index contributed by atoms with van der Waals surface area (Å²) in [4.78, 5) is 12.9. The first kappa shape index (κ1) is 12.8. The molecule has 4 nitrogen and oxygen atoms in total. The molecule has 1 amide bonds. The smallest absolute Gasteiger partial charge is 0.312 e. The number of carbonyl (C=O) groups excluding carboxylic acids is 1. The van der Waals surface area contributed by atoms with Crippen molar-refractivity contribution in [3.8, 4) is 0 Å². The lowest BCUT2D eigenvalue weighted by atomic mass is 10.0. The maximum Gasteiger partial charge on any atom is 0.312 e. The molecule has 0 aromatic heterocycles. The molecule has 0 aliphatic carbocycles. The van der Waals surface area contributed by atoms with Crippen molar-refractivity contribution in [1.29, 1.82) is 0 Å². The first-order valence-electron chi connectivity index (χ1n) is 6.83. The fraction of sp³-hybridized carbons (Fsp3) is 0.923. The third-order valence-electron chi connectivity index (χ3n) is 3.90. The molecule has 2 saturated heterocycles. The molecule has 0 aromatic rings. The number of piperidine rings is 1. The molecule has 17 heavy (non-hydrogen) atoms. The van der Waals surface area contributed by atoms with Gasteiger partial charge < -0.3 is 15.0 Å². The minimum Gasteiger partial charge on any atom is -0.381 e. The number of nitrogens with one attached hydrogen (secondary N) is 1. The summed E-state index contributed by atoms with van der Waals surface area (Å²) in [6.07, 6.45) is 7.73. The van der Waals surface area contributed by atoms with Crippen LogP contribution in [0.15, 0.2) is 0 Å². The molecule has 2 heterocycles. The summed E-state index contributed by atoms with van der Waals surface area (Å²) in [5.41, 5.74) is 0. The van der Waals surface area contributed by atoms with Crippen LogP contribution in [0.5, 0.6) is 0 Å². The minimum absolute atomic E-state index is 0.411. The fourth-order valence-corrected chi connectivity index (χ4v) is 2.78. The van der Waals surface area contributed by atoms with Gasteiger partial charge in [-0.15, -0.1) is 0 Å². The van der Waals surface area contributed by atoms with E-state index < -0.39 is 0 Å². The number of nitrogens with zero attached hydrogens (tertiary/aromatic N) is 1. The van der Waals surface area contributed by atoms with Crippen molar-refractivity contribution >= 4 is 6.41 Å². The second-order valence-electron chi connectivity index (χ2n) is 5.14. The molecule has 4 heteroatoms. The van der Waals surface area contributed by atoms with Crippen LogP contribution in [0.2, 0.25) is 0 Å². The van der Waals surface area contributed by atoms with Gasteiger partial charge in [0, 0.05) is 25.8 Å². The van der Waals surface area contributed by atoms with Crippen LogP contribution in [0.4, 0.5) is 0 Å². The summed E-state index contributed by atoms with van der Waals surface area (Å²) in [7, 11) is 0. The van der Waals surface area contributed by atoms with E-state index in [4.69, 9.17) is 4.74 Å². The zero-order valence-electron chi connectivity index (χ0n) is 10.5.